The first-order chi connectivity index (χ1) is 10.2. The highest BCUT2D eigenvalue weighted by Crippen LogP contribution is 2.41. The number of aromatic amines is 1. The Labute approximate surface area is 123 Å². The first-order valence-electron chi connectivity index (χ1n) is 7.60. The SMILES string of the molecule is C[C@@H]1OCC2(CCN(c3cnc4cc[nH]c4n3)CC2)[C@H]1N. The van der Waals surface area contributed by atoms with Crippen molar-refractivity contribution in [2.24, 2.45) is 11.1 Å². The summed E-state index contributed by atoms with van der Waals surface area (Å²) in [7, 11) is 0. The summed E-state index contributed by atoms with van der Waals surface area (Å²) in [5.74, 6) is 0.945. The minimum atomic E-state index is 0.150. The molecule has 0 amide bonds. The summed E-state index contributed by atoms with van der Waals surface area (Å²) < 4.78 is 5.77. The smallest absolute Gasteiger partial charge is 0.158 e. The molecular formula is C15H21N5O. The lowest BCUT2D eigenvalue weighted by Gasteiger charge is -2.41. The molecule has 0 aromatic carbocycles. The van der Waals surface area contributed by atoms with Crippen LogP contribution in [0.15, 0.2) is 18.5 Å². The number of anilines is 1. The molecule has 2 fully saturated rings. The highest BCUT2D eigenvalue weighted by Gasteiger charge is 2.47. The van der Waals surface area contributed by atoms with Crippen LogP contribution in [0.4, 0.5) is 5.82 Å². The predicted molar refractivity (Wildman–Crippen MR) is 81.2 cm³/mol. The molecule has 2 aliphatic heterocycles. The van der Waals surface area contributed by atoms with Crippen LogP contribution in [-0.2, 0) is 4.74 Å². The molecule has 2 aromatic rings. The third-order valence-corrected chi connectivity index (χ3v) is 5.18. The maximum atomic E-state index is 6.36. The molecule has 2 aliphatic rings. The van der Waals surface area contributed by atoms with Crippen molar-refractivity contribution in [1.82, 2.24) is 15.0 Å². The van der Waals surface area contributed by atoms with Crippen LogP contribution in [-0.4, -0.2) is 46.8 Å². The highest BCUT2D eigenvalue weighted by molar-refractivity contribution is 5.71. The van der Waals surface area contributed by atoms with Crippen LogP contribution < -0.4 is 10.6 Å². The van der Waals surface area contributed by atoms with Crippen LogP contribution in [0.3, 0.4) is 0 Å². The van der Waals surface area contributed by atoms with Crippen LogP contribution >= 0.6 is 0 Å². The lowest BCUT2D eigenvalue weighted by Crippen LogP contribution is -2.50. The molecule has 0 aliphatic carbocycles. The highest BCUT2D eigenvalue weighted by atomic mass is 16.5. The molecule has 112 valence electrons. The van der Waals surface area contributed by atoms with E-state index in [-0.39, 0.29) is 17.6 Å². The molecule has 2 atom stereocenters. The molecule has 4 rings (SSSR count). The Kier molecular flexibility index (Phi) is 2.90. The molecule has 0 saturated carbocycles. The normalized spacial score (nSPS) is 28.6. The van der Waals surface area contributed by atoms with E-state index in [1.54, 1.807) is 0 Å². The van der Waals surface area contributed by atoms with Gasteiger partial charge in [0.05, 0.1) is 18.9 Å². The third kappa shape index (κ3) is 2.01. The van der Waals surface area contributed by atoms with Gasteiger partial charge in [0.25, 0.3) is 0 Å². The van der Waals surface area contributed by atoms with Crippen molar-refractivity contribution >= 4 is 17.0 Å². The average molecular weight is 287 g/mol. The second-order valence-electron chi connectivity index (χ2n) is 6.33. The molecule has 6 heteroatoms. The molecule has 1 spiro atoms. The minimum absolute atomic E-state index is 0.150. The number of H-pyrrole nitrogens is 1. The standard InChI is InChI=1S/C15H21N5O/c1-10-13(16)15(9-21-10)3-6-20(7-4-15)12-8-18-11-2-5-17-14(11)19-12/h2,5,8,10,13H,3-4,6-7,9,16H2,1H3,(H,17,19)/t10-,13-/m0/s1. The average Bonchev–Trinajstić information content (AvgIpc) is 3.09. The monoisotopic (exact) mass is 287 g/mol. The van der Waals surface area contributed by atoms with E-state index in [0.29, 0.717) is 0 Å². The fraction of sp³-hybridized carbons (Fsp3) is 0.600. The first-order valence-corrected chi connectivity index (χ1v) is 7.60. The fourth-order valence-corrected chi connectivity index (χ4v) is 3.62. The third-order valence-electron chi connectivity index (χ3n) is 5.18. The molecule has 0 bridgehead atoms. The van der Waals surface area contributed by atoms with Gasteiger partial charge in [-0.3, -0.25) is 0 Å². The predicted octanol–water partition coefficient (Wildman–Crippen LogP) is 1.29. The molecule has 6 nitrogen and oxygen atoms in total. The number of nitrogens with zero attached hydrogens (tertiary/aromatic N) is 3. The fourth-order valence-electron chi connectivity index (χ4n) is 3.62. The Balaban J connectivity index is 1.52. The zero-order valence-corrected chi connectivity index (χ0v) is 12.2. The summed E-state index contributed by atoms with van der Waals surface area (Å²) in [5, 5.41) is 0. The summed E-state index contributed by atoms with van der Waals surface area (Å²) in [5.41, 5.74) is 8.27. The van der Waals surface area contributed by atoms with Gasteiger partial charge in [0.15, 0.2) is 5.65 Å². The van der Waals surface area contributed by atoms with Crippen molar-refractivity contribution in [2.75, 3.05) is 24.6 Å². The van der Waals surface area contributed by atoms with Crippen LogP contribution in [0.1, 0.15) is 19.8 Å². The Morgan fingerprint density at radius 2 is 2.24 bits per heavy atom. The molecule has 2 saturated heterocycles. The van der Waals surface area contributed by atoms with Gasteiger partial charge in [-0.25, -0.2) is 9.97 Å². The molecule has 0 unspecified atom stereocenters. The number of aromatic nitrogens is 3. The van der Waals surface area contributed by atoms with Gasteiger partial charge in [-0.15, -0.1) is 0 Å². The lowest BCUT2D eigenvalue weighted by molar-refractivity contribution is 0.0974. The number of nitrogens with two attached hydrogens (primary N) is 1. The van der Waals surface area contributed by atoms with Gasteiger partial charge in [0, 0.05) is 30.7 Å². The van der Waals surface area contributed by atoms with Gasteiger partial charge in [0.2, 0.25) is 0 Å². The molecule has 2 aromatic heterocycles. The number of nitrogens with one attached hydrogen (secondary N) is 1. The van der Waals surface area contributed by atoms with E-state index in [4.69, 9.17) is 10.5 Å². The molecule has 3 N–H and O–H groups in total. The topological polar surface area (TPSA) is 80.1 Å². The van der Waals surface area contributed by atoms with Crippen LogP contribution in [0.5, 0.6) is 0 Å². The van der Waals surface area contributed by atoms with Crippen molar-refractivity contribution < 1.29 is 4.74 Å². The summed E-state index contributed by atoms with van der Waals surface area (Å²) in [6, 6.07) is 2.09. The molecule has 0 radical (unpaired) electrons. The van der Waals surface area contributed by atoms with Gasteiger partial charge < -0.3 is 20.4 Å². The van der Waals surface area contributed by atoms with Gasteiger partial charge in [-0.05, 0) is 25.8 Å². The Hall–Kier alpha value is -1.66. The van der Waals surface area contributed by atoms with E-state index < -0.39 is 0 Å². The minimum Gasteiger partial charge on any atom is -0.376 e. The maximum absolute atomic E-state index is 6.36. The number of rotatable bonds is 1. The maximum Gasteiger partial charge on any atom is 0.158 e. The second kappa shape index (κ2) is 4.68. The second-order valence-corrected chi connectivity index (χ2v) is 6.33. The summed E-state index contributed by atoms with van der Waals surface area (Å²) >= 11 is 0. The molecule has 4 heterocycles. The van der Waals surface area contributed by atoms with E-state index in [1.807, 2.05) is 18.5 Å². The van der Waals surface area contributed by atoms with E-state index in [9.17, 15) is 0 Å². The van der Waals surface area contributed by atoms with E-state index in [2.05, 4.69) is 26.8 Å². The molecule has 21 heavy (non-hydrogen) atoms. The van der Waals surface area contributed by atoms with Crippen molar-refractivity contribution in [2.45, 2.75) is 31.9 Å². The molecular weight excluding hydrogens is 266 g/mol. The Bertz CT molecular complexity index is 646. The number of fused-ring (bicyclic) bond motifs is 1. The van der Waals surface area contributed by atoms with E-state index in [0.717, 1.165) is 49.5 Å². The summed E-state index contributed by atoms with van der Waals surface area (Å²) in [6.45, 7) is 4.80. The van der Waals surface area contributed by atoms with Crippen molar-refractivity contribution in [1.29, 1.82) is 0 Å². The Morgan fingerprint density at radius 1 is 1.43 bits per heavy atom. The van der Waals surface area contributed by atoms with Crippen molar-refractivity contribution in [3.05, 3.63) is 18.5 Å². The van der Waals surface area contributed by atoms with Gasteiger partial charge >= 0.3 is 0 Å². The Morgan fingerprint density at radius 3 is 2.95 bits per heavy atom. The van der Waals surface area contributed by atoms with E-state index >= 15 is 0 Å². The number of piperidine rings is 1. The number of hydrogen-bond donors (Lipinski definition) is 2. The van der Waals surface area contributed by atoms with Gasteiger partial charge in [-0.1, -0.05) is 0 Å². The van der Waals surface area contributed by atoms with Gasteiger partial charge in [-0.2, -0.15) is 0 Å². The van der Waals surface area contributed by atoms with E-state index in [1.165, 1.54) is 0 Å². The quantitative estimate of drug-likeness (QED) is 0.826. The van der Waals surface area contributed by atoms with Crippen LogP contribution in [0.2, 0.25) is 0 Å². The van der Waals surface area contributed by atoms with Crippen molar-refractivity contribution in [3.63, 3.8) is 0 Å². The lowest BCUT2D eigenvalue weighted by atomic mass is 9.73. The summed E-state index contributed by atoms with van der Waals surface area (Å²) in [4.78, 5) is 14.5. The number of ether oxygens (including phenoxy) is 1. The number of hydrogen-bond acceptors (Lipinski definition) is 5. The van der Waals surface area contributed by atoms with Crippen molar-refractivity contribution in [3.8, 4) is 0 Å². The zero-order chi connectivity index (χ0) is 14.4. The zero-order valence-electron chi connectivity index (χ0n) is 12.2. The first kappa shape index (κ1) is 13.0. The van der Waals surface area contributed by atoms with Gasteiger partial charge in [0.1, 0.15) is 11.3 Å². The largest absolute Gasteiger partial charge is 0.376 e. The van der Waals surface area contributed by atoms with Crippen LogP contribution in [0, 0.1) is 5.41 Å². The van der Waals surface area contributed by atoms with Crippen LogP contribution in [0.25, 0.3) is 11.2 Å². The summed E-state index contributed by atoms with van der Waals surface area (Å²) in [6.07, 6.45) is 6.02.